The Labute approximate surface area is 181 Å². The molecule has 0 N–H and O–H groups in total. The number of hydrogen-bond donors (Lipinski definition) is 0. The maximum absolute atomic E-state index is 12.9. The van der Waals surface area contributed by atoms with Crippen LogP contribution in [0.4, 0.5) is 0 Å². The minimum absolute atomic E-state index is 0.174. The lowest BCUT2D eigenvalue weighted by Crippen LogP contribution is -2.28. The molecule has 0 saturated heterocycles. The van der Waals surface area contributed by atoms with E-state index < -0.39 is 5.56 Å². The Morgan fingerprint density at radius 1 is 1.00 bits per heavy atom. The van der Waals surface area contributed by atoms with Crippen LogP contribution in [0.5, 0.6) is 17.2 Å². The Bertz CT molecular complexity index is 1430. The average molecular weight is 437 g/mol. The molecule has 158 valence electrons. The highest BCUT2D eigenvalue weighted by Crippen LogP contribution is 2.28. The second-order valence-electron chi connectivity index (χ2n) is 6.62. The molecule has 0 aliphatic heterocycles. The van der Waals surface area contributed by atoms with Gasteiger partial charge in [0.25, 0.3) is 11.1 Å². The lowest BCUT2D eigenvalue weighted by molar-refractivity contribution is 0.354. The standard InChI is InChI=1S/C22H19N3O5S/c1-28-15-6-4-5-13(9-15)12-19-21(27)25-22(31-19)23-20(26)16(24-25)10-14-7-8-17(29-2)18(11-14)30-3/h4-9,11-12H,10H2,1-3H3. The molecule has 31 heavy (non-hydrogen) atoms. The van der Waals surface area contributed by atoms with Crippen LogP contribution in [0.1, 0.15) is 16.8 Å². The molecule has 0 atom stereocenters. The van der Waals surface area contributed by atoms with Crippen LogP contribution in [-0.2, 0) is 6.42 Å². The van der Waals surface area contributed by atoms with E-state index in [4.69, 9.17) is 14.2 Å². The van der Waals surface area contributed by atoms with E-state index in [1.54, 1.807) is 32.4 Å². The van der Waals surface area contributed by atoms with Gasteiger partial charge >= 0.3 is 0 Å². The SMILES string of the molecule is COc1cccc(C=c2sc3nc(=O)c(Cc4ccc(OC)c(OC)c4)nn3c2=O)c1. The highest BCUT2D eigenvalue weighted by molar-refractivity contribution is 7.15. The van der Waals surface area contributed by atoms with Crippen LogP contribution >= 0.6 is 11.3 Å². The molecule has 0 fully saturated rings. The number of rotatable bonds is 6. The first-order valence-corrected chi connectivity index (χ1v) is 10.1. The van der Waals surface area contributed by atoms with Gasteiger partial charge in [-0.3, -0.25) is 9.59 Å². The zero-order valence-electron chi connectivity index (χ0n) is 17.1. The number of hydrogen-bond acceptors (Lipinski definition) is 8. The van der Waals surface area contributed by atoms with E-state index in [2.05, 4.69) is 10.1 Å². The van der Waals surface area contributed by atoms with Crippen LogP contribution in [0.3, 0.4) is 0 Å². The van der Waals surface area contributed by atoms with E-state index in [1.165, 1.54) is 11.6 Å². The average Bonchev–Trinajstić information content (AvgIpc) is 3.08. The summed E-state index contributed by atoms with van der Waals surface area (Å²) in [5.41, 5.74) is 0.965. The predicted octanol–water partition coefficient (Wildman–Crippen LogP) is 1.68. The van der Waals surface area contributed by atoms with Gasteiger partial charge in [0.05, 0.1) is 25.9 Å². The molecule has 0 amide bonds. The molecule has 0 aliphatic carbocycles. The molecule has 0 spiro atoms. The minimum Gasteiger partial charge on any atom is -0.497 e. The van der Waals surface area contributed by atoms with Gasteiger partial charge in [-0.25, -0.2) is 0 Å². The van der Waals surface area contributed by atoms with E-state index in [-0.39, 0.29) is 22.6 Å². The zero-order valence-corrected chi connectivity index (χ0v) is 17.9. The molecule has 8 nitrogen and oxygen atoms in total. The highest BCUT2D eigenvalue weighted by Gasteiger charge is 2.13. The molecule has 4 aromatic rings. The van der Waals surface area contributed by atoms with Gasteiger partial charge < -0.3 is 14.2 Å². The summed E-state index contributed by atoms with van der Waals surface area (Å²) in [4.78, 5) is 29.7. The van der Waals surface area contributed by atoms with Crippen molar-refractivity contribution in [3.63, 3.8) is 0 Å². The van der Waals surface area contributed by atoms with Crippen LogP contribution < -0.4 is 29.9 Å². The van der Waals surface area contributed by atoms with Crippen molar-refractivity contribution in [3.05, 3.63) is 84.5 Å². The van der Waals surface area contributed by atoms with Crippen LogP contribution in [0, 0.1) is 0 Å². The molecule has 9 heteroatoms. The number of benzene rings is 2. The molecule has 0 saturated carbocycles. The topological polar surface area (TPSA) is 92.0 Å². The number of fused-ring (bicyclic) bond motifs is 1. The molecule has 0 bridgehead atoms. The summed E-state index contributed by atoms with van der Waals surface area (Å²) in [5.74, 6) is 1.82. The Hall–Kier alpha value is -3.72. The maximum Gasteiger partial charge on any atom is 0.296 e. The summed E-state index contributed by atoms with van der Waals surface area (Å²) >= 11 is 1.12. The molecule has 0 radical (unpaired) electrons. The van der Waals surface area contributed by atoms with Crippen LogP contribution in [-0.4, -0.2) is 35.9 Å². The number of methoxy groups -OCH3 is 3. The van der Waals surface area contributed by atoms with E-state index >= 15 is 0 Å². The van der Waals surface area contributed by atoms with E-state index in [0.29, 0.717) is 21.8 Å². The van der Waals surface area contributed by atoms with Gasteiger partial charge in [-0.15, -0.1) is 0 Å². The van der Waals surface area contributed by atoms with E-state index in [0.717, 1.165) is 22.5 Å². The zero-order chi connectivity index (χ0) is 22.0. The van der Waals surface area contributed by atoms with Gasteiger partial charge in [0.15, 0.2) is 11.5 Å². The normalized spacial score (nSPS) is 11.6. The van der Waals surface area contributed by atoms with Crippen LogP contribution in [0.15, 0.2) is 52.1 Å². The summed E-state index contributed by atoms with van der Waals surface area (Å²) in [6.07, 6.45) is 1.93. The number of aromatic nitrogens is 3. The molecular formula is C22H19N3O5S. The van der Waals surface area contributed by atoms with Crippen LogP contribution in [0.25, 0.3) is 11.0 Å². The van der Waals surface area contributed by atoms with Gasteiger partial charge in [-0.05, 0) is 41.5 Å². The number of ether oxygens (including phenoxy) is 3. The fourth-order valence-corrected chi connectivity index (χ4v) is 4.02. The predicted molar refractivity (Wildman–Crippen MR) is 118 cm³/mol. The molecule has 4 rings (SSSR count). The summed E-state index contributed by atoms with van der Waals surface area (Å²) in [6, 6.07) is 12.7. The van der Waals surface area contributed by atoms with Gasteiger partial charge in [0.2, 0.25) is 4.96 Å². The second kappa shape index (κ2) is 8.57. The summed E-state index contributed by atoms with van der Waals surface area (Å²) in [6.45, 7) is 0. The van der Waals surface area contributed by atoms with Crippen molar-refractivity contribution in [2.75, 3.05) is 21.3 Å². The van der Waals surface area contributed by atoms with E-state index in [1.807, 2.05) is 30.3 Å². The summed E-state index contributed by atoms with van der Waals surface area (Å²) in [7, 11) is 4.67. The van der Waals surface area contributed by atoms with Crippen LogP contribution in [0.2, 0.25) is 0 Å². The molecule has 2 aromatic heterocycles. The summed E-state index contributed by atoms with van der Waals surface area (Å²) < 4.78 is 17.4. The monoisotopic (exact) mass is 437 g/mol. The Morgan fingerprint density at radius 2 is 1.81 bits per heavy atom. The second-order valence-corrected chi connectivity index (χ2v) is 7.63. The van der Waals surface area contributed by atoms with Gasteiger partial charge in [0.1, 0.15) is 11.4 Å². The van der Waals surface area contributed by atoms with Crippen molar-refractivity contribution in [1.82, 2.24) is 14.6 Å². The van der Waals surface area contributed by atoms with Crippen molar-refractivity contribution >= 4 is 22.4 Å². The third kappa shape index (κ3) is 4.13. The van der Waals surface area contributed by atoms with E-state index in [9.17, 15) is 9.59 Å². The maximum atomic E-state index is 12.9. The fraction of sp³-hybridized carbons (Fsp3) is 0.182. The highest BCUT2D eigenvalue weighted by atomic mass is 32.1. The first kappa shape index (κ1) is 20.5. The Morgan fingerprint density at radius 3 is 2.55 bits per heavy atom. The van der Waals surface area contributed by atoms with Gasteiger partial charge in [0, 0.05) is 6.42 Å². The fourth-order valence-electron chi connectivity index (χ4n) is 3.12. The van der Waals surface area contributed by atoms with Crippen molar-refractivity contribution in [1.29, 1.82) is 0 Å². The number of thiazole rings is 1. The molecule has 2 aromatic carbocycles. The van der Waals surface area contributed by atoms with Gasteiger partial charge in [-0.1, -0.05) is 29.5 Å². The van der Waals surface area contributed by atoms with Crippen molar-refractivity contribution in [3.8, 4) is 17.2 Å². The largest absolute Gasteiger partial charge is 0.497 e. The quantitative estimate of drug-likeness (QED) is 0.453. The molecule has 2 heterocycles. The number of nitrogens with zero attached hydrogens (tertiary/aromatic N) is 3. The Balaban J connectivity index is 1.75. The molecular weight excluding hydrogens is 418 g/mol. The van der Waals surface area contributed by atoms with Crippen molar-refractivity contribution in [2.45, 2.75) is 6.42 Å². The minimum atomic E-state index is -0.469. The lowest BCUT2D eigenvalue weighted by Gasteiger charge is -2.09. The smallest absolute Gasteiger partial charge is 0.296 e. The summed E-state index contributed by atoms with van der Waals surface area (Å²) in [5, 5.41) is 4.29. The van der Waals surface area contributed by atoms with Crippen molar-refractivity contribution in [2.24, 2.45) is 0 Å². The van der Waals surface area contributed by atoms with Crippen molar-refractivity contribution < 1.29 is 14.2 Å². The Kier molecular flexibility index (Phi) is 5.68. The third-order valence-corrected chi connectivity index (χ3v) is 5.62. The first-order chi connectivity index (χ1) is 15.0. The molecule has 0 unspecified atom stereocenters. The first-order valence-electron chi connectivity index (χ1n) is 9.32. The lowest BCUT2D eigenvalue weighted by atomic mass is 10.1. The van der Waals surface area contributed by atoms with Gasteiger partial charge in [-0.2, -0.15) is 14.6 Å². The third-order valence-electron chi connectivity index (χ3n) is 4.66. The molecule has 0 aliphatic rings.